The van der Waals surface area contributed by atoms with E-state index in [1.54, 1.807) is 30.4 Å². The van der Waals surface area contributed by atoms with Gasteiger partial charge in [0.1, 0.15) is 11.3 Å². The van der Waals surface area contributed by atoms with E-state index in [-0.39, 0.29) is 5.75 Å². The highest BCUT2D eigenvalue weighted by molar-refractivity contribution is 7.46. The molecule has 3 aromatic rings. The van der Waals surface area contributed by atoms with E-state index in [1.165, 1.54) is 18.2 Å². The Hall–Kier alpha value is -2.66. The highest BCUT2D eigenvalue weighted by atomic mass is 31.2. The third kappa shape index (κ3) is 4.00. The molecule has 0 aliphatic rings. The molecule has 0 amide bonds. The van der Waals surface area contributed by atoms with Crippen molar-refractivity contribution in [1.82, 2.24) is 0 Å². The molecule has 0 atom stereocenters. The Labute approximate surface area is 136 Å². The number of phosphoric acid groups is 1. The number of rotatable bonds is 4. The molecular formula is C17H13O6P. The summed E-state index contributed by atoms with van der Waals surface area (Å²) < 4.78 is 20.5. The van der Waals surface area contributed by atoms with Gasteiger partial charge in [-0.05, 0) is 23.8 Å². The van der Waals surface area contributed by atoms with Crippen LogP contribution in [0.25, 0.3) is 23.1 Å². The van der Waals surface area contributed by atoms with Crippen LogP contribution in [-0.4, -0.2) is 9.79 Å². The first-order chi connectivity index (χ1) is 11.4. The first-order valence-electron chi connectivity index (χ1n) is 6.97. The standard InChI is InChI=1S/C17H13O6P/c18-16-11-8-14-3-1-2-13(17(14)22-16)7-4-12-5-9-15(10-6-12)23-24(19,20)21/h1-11H,(H2,19,20,21)/b7-4+. The van der Waals surface area contributed by atoms with Gasteiger partial charge in [-0.1, -0.05) is 42.5 Å². The van der Waals surface area contributed by atoms with Crippen molar-refractivity contribution in [3.05, 3.63) is 76.1 Å². The van der Waals surface area contributed by atoms with Crippen LogP contribution >= 0.6 is 7.82 Å². The normalized spacial score (nSPS) is 11.9. The first kappa shape index (κ1) is 16.2. The van der Waals surface area contributed by atoms with Crippen LogP contribution in [0.15, 0.2) is 63.8 Å². The smallest absolute Gasteiger partial charge is 0.422 e. The molecule has 0 saturated heterocycles. The van der Waals surface area contributed by atoms with Crippen molar-refractivity contribution in [2.24, 2.45) is 0 Å². The van der Waals surface area contributed by atoms with Gasteiger partial charge in [-0.15, -0.1) is 0 Å². The van der Waals surface area contributed by atoms with Crippen molar-refractivity contribution < 1.29 is 23.3 Å². The Balaban J connectivity index is 1.87. The van der Waals surface area contributed by atoms with Gasteiger partial charge in [-0.25, -0.2) is 9.36 Å². The van der Waals surface area contributed by atoms with Crippen LogP contribution in [0.4, 0.5) is 0 Å². The lowest BCUT2D eigenvalue weighted by Crippen LogP contribution is -1.95. The molecule has 0 fully saturated rings. The van der Waals surface area contributed by atoms with E-state index in [0.717, 1.165) is 16.5 Å². The van der Waals surface area contributed by atoms with Gasteiger partial charge in [0, 0.05) is 17.0 Å². The van der Waals surface area contributed by atoms with Crippen LogP contribution in [0.1, 0.15) is 11.1 Å². The highest BCUT2D eigenvalue weighted by Gasteiger charge is 2.15. The summed E-state index contributed by atoms with van der Waals surface area (Å²) in [6.07, 6.45) is 3.59. The predicted molar refractivity (Wildman–Crippen MR) is 90.5 cm³/mol. The maximum Gasteiger partial charge on any atom is 0.524 e. The SMILES string of the molecule is O=c1ccc2cccc(/C=C/c3ccc(OP(=O)(O)O)cc3)c2o1. The summed E-state index contributed by atoms with van der Waals surface area (Å²) in [4.78, 5) is 28.9. The van der Waals surface area contributed by atoms with Crippen molar-refractivity contribution in [3.63, 3.8) is 0 Å². The molecule has 24 heavy (non-hydrogen) atoms. The molecule has 0 bridgehead atoms. The molecule has 2 N–H and O–H groups in total. The summed E-state index contributed by atoms with van der Waals surface area (Å²) in [5, 5.41) is 0.821. The second kappa shape index (κ2) is 6.45. The van der Waals surface area contributed by atoms with Crippen LogP contribution in [0.2, 0.25) is 0 Å². The second-order valence-electron chi connectivity index (χ2n) is 5.00. The molecule has 0 spiro atoms. The van der Waals surface area contributed by atoms with Crippen molar-refractivity contribution >= 4 is 30.9 Å². The average Bonchev–Trinajstić information content (AvgIpc) is 2.53. The summed E-state index contributed by atoms with van der Waals surface area (Å²) in [7, 11) is -4.56. The largest absolute Gasteiger partial charge is 0.524 e. The Morgan fingerprint density at radius 3 is 2.42 bits per heavy atom. The van der Waals surface area contributed by atoms with Gasteiger partial charge >= 0.3 is 13.4 Å². The maximum atomic E-state index is 11.4. The van der Waals surface area contributed by atoms with Gasteiger partial charge in [-0.3, -0.25) is 9.79 Å². The molecule has 2 aromatic carbocycles. The second-order valence-corrected chi connectivity index (χ2v) is 6.17. The number of para-hydroxylation sites is 1. The summed E-state index contributed by atoms with van der Waals surface area (Å²) in [5.41, 5.74) is 1.63. The van der Waals surface area contributed by atoms with Gasteiger partial charge in [-0.2, -0.15) is 0 Å². The van der Waals surface area contributed by atoms with E-state index < -0.39 is 13.4 Å². The third-order valence-corrected chi connectivity index (χ3v) is 3.69. The molecule has 0 unspecified atom stereocenters. The van der Waals surface area contributed by atoms with E-state index in [1.807, 2.05) is 18.2 Å². The monoisotopic (exact) mass is 344 g/mol. The molecular weight excluding hydrogens is 331 g/mol. The van der Waals surface area contributed by atoms with Gasteiger partial charge < -0.3 is 8.94 Å². The molecule has 3 rings (SSSR count). The minimum absolute atomic E-state index is 0.0802. The fourth-order valence-electron chi connectivity index (χ4n) is 2.21. The first-order valence-corrected chi connectivity index (χ1v) is 8.50. The predicted octanol–water partition coefficient (Wildman–Crippen LogP) is 3.43. The van der Waals surface area contributed by atoms with Crippen LogP contribution < -0.4 is 10.1 Å². The Morgan fingerprint density at radius 1 is 0.958 bits per heavy atom. The number of hydrogen-bond acceptors (Lipinski definition) is 4. The average molecular weight is 344 g/mol. The summed E-state index contributed by atoms with van der Waals surface area (Å²) in [6.45, 7) is 0. The Bertz CT molecular complexity index is 998. The Kier molecular flexibility index (Phi) is 4.36. The van der Waals surface area contributed by atoms with E-state index in [9.17, 15) is 9.36 Å². The quantitative estimate of drug-likeness (QED) is 0.427. The molecule has 1 aromatic heterocycles. The van der Waals surface area contributed by atoms with Crippen LogP contribution in [-0.2, 0) is 4.57 Å². The van der Waals surface area contributed by atoms with E-state index in [2.05, 4.69) is 4.52 Å². The molecule has 6 nitrogen and oxygen atoms in total. The minimum Gasteiger partial charge on any atom is -0.422 e. The number of benzene rings is 2. The van der Waals surface area contributed by atoms with Crippen LogP contribution in [0, 0.1) is 0 Å². The van der Waals surface area contributed by atoms with Gasteiger partial charge in [0.2, 0.25) is 0 Å². The number of fused-ring (bicyclic) bond motifs is 1. The zero-order valence-electron chi connectivity index (χ0n) is 12.3. The number of phosphoric ester groups is 1. The van der Waals surface area contributed by atoms with Gasteiger partial charge in [0.25, 0.3) is 0 Å². The number of hydrogen-bond donors (Lipinski definition) is 2. The lowest BCUT2D eigenvalue weighted by molar-refractivity contribution is 0.283. The third-order valence-electron chi connectivity index (χ3n) is 3.24. The van der Waals surface area contributed by atoms with E-state index in [0.29, 0.717) is 5.58 Å². The Morgan fingerprint density at radius 2 is 1.71 bits per heavy atom. The molecule has 7 heteroatoms. The molecule has 0 saturated carbocycles. The summed E-state index contributed by atoms with van der Waals surface area (Å²) >= 11 is 0. The van der Waals surface area contributed by atoms with E-state index >= 15 is 0 Å². The highest BCUT2D eigenvalue weighted by Crippen LogP contribution is 2.37. The van der Waals surface area contributed by atoms with E-state index in [4.69, 9.17) is 14.2 Å². The van der Waals surface area contributed by atoms with Crippen LogP contribution in [0.3, 0.4) is 0 Å². The van der Waals surface area contributed by atoms with Crippen molar-refractivity contribution in [2.75, 3.05) is 0 Å². The molecule has 0 radical (unpaired) electrons. The molecule has 0 aliphatic carbocycles. The minimum atomic E-state index is -4.56. The molecule has 122 valence electrons. The fraction of sp³-hybridized carbons (Fsp3) is 0. The summed E-state index contributed by atoms with van der Waals surface area (Å²) in [6, 6.07) is 14.8. The summed E-state index contributed by atoms with van der Waals surface area (Å²) in [5.74, 6) is 0.0802. The van der Waals surface area contributed by atoms with Crippen molar-refractivity contribution in [1.29, 1.82) is 0 Å². The fourth-order valence-corrected chi connectivity index (χ4v) is 2.61. The topological polar surface area (TPSA) is 97.0 Å². The van der Waals surface area contributed by atoms with Crippen LogP contribution in [0.5, 0.6) is 5.75 Å². The van der Waals surface area contributed by atoms with Crippen molar-refractivity contribution in [2.45, 2.75) is 0 Å². The lowest BCUT2D eigenvalue weighted by Gasteiger charge is -2.06. The van der Waals surface area contributed by atoms with Gasteiger partial charge in [0.05, 0.1) is 0 Å². The lowest BCUT2D eigenvalue weighted by atomic mass is 10.1. The molecule has 1 heterocycles. The zero-order chi connectivity index (χ0) is 17.2. The molecule has 0 aliphatic heterocycles. The van der Waals surface area contributed by atoms with Gasteiger partial charge in [0.15, 0.2) is 0 Å². The van der Waals surface area contributed by atoms with Crippen molar-refractivity contribution in [3.8, 4) is 5.75 Å². The zero-order valence-corrected chi connectivity index (χ0v) is 13.2. The maximum absolute atomic E-state index is 11.4.